The standard InChI is InChI=1S/C16H19NO6/c1-16(2,20)11(18)6-9-13(21-3)8-4-5-10-14(23-7-22-10)12(8)17-15(9)19/h4-5,11,18,20H,6-7H2,1-3H3,(H,17,19)/t11-/m1/s1. The Labute approximate surface area is 132 Å². The molecule has 2 aromatic rings. The van der Waals surface area contributed by atoms with E-state index in [1.807, 2.05) is 0 Å². The minimum Gasteiger partial charge on any atom is -0.496 e. The maximum atomic E-state index is 12.5. The summed E-state index contributed by atoms with van der Waals surface area (Å²) in [4.78, 5) is 15.2. The SMILES string of the molecule is COc1c(C[C@@H](O)C(C)(C)O)c(=O)[nH]c2c3c(ccc12)OCO3. The second kappa shape index (κ2) is 5.43. The Balaban J connectivity index is 2.18. The third-order valence-electron chi connectivity index (χ3n) is 3.99. The highest BCUT2D eigenvalue weighted by atomic mass is 16.7. The fraction of sp³-hybridized carbons (Fsp3) is 0.438. The van der Waals surface area contributed by atoms with Crippen LogP contribution in [0.3, 0.4) is 0 Å². The Hall–Kier alpha value is -2.25. The average molecular weight is 321 g/mol. The molecule has 2 heterocycles. The zero-order valence-electron chi connectivity index (χ0n) is 13.2. The highest BCUT2D eigenvalue weighted by Crippen LogP contribution is 2.41. The molecule has 124 valence electrons. The Morgan fingerprint density at radius 3 is 2.78 bits per heavy atom. The van der Waals surface area contributed by atoms with Crippen LogP contribution in [0.2, 0.25) is 0 Å². The molecule has 0 saturated heterocycles. The van der Waals surface area contributed by atoms with Crippen LogP contribution in [-0.2, 0) is 6.42 Å². The number of pyridine rings is 1. The lowest BCUT2D eigenvalue weighted by Crippen LogP contribution is -2.38. The van der Waals surface area contributed by atoms with E-state index in [0.29, 0.717) is 28.2 Å². The van der Waals surface area contributed by atoms with Crippen LogP contribution >= 0.6 is 0 Å². The minimum atomic E-state index is -1.33. The zero-order valence-corrected chi connectivity index (χ0v) is 13.2. The first kappa shape index (κ1) is 15.6. The van der Waals surface area contributed by atoms with Crippen LogP contribution in [0.4, 0.5) is 0 Å². The van der Waals surface area contributed by atoms with Gasteiger partial charge in [0.2, 0.25) is 6.79 Å². The van der Waals surface area contributed by atoms with E-state index >= 15 is 0 Å². The summed E-state index contributed by atoms with van der Waals surface area (Å²) in [5.41, 5.74) is -0.972. The molecule has 1 aliphatic rings. The van der Waals surface area contributed by atoms with Gasteiger partial charge in [-0.1, -0.05) is 0 Å². The monoisotopic (exact) mass is 321 g/mol. The fourth-order valence-corrected chi connectivity index (χ4v) is 2.60. The lowest BCUT2D eigenvalue weighted by atomic mass is 9.94. The van der Waals surface area contributed by atoms with E-state index in [1.54, 1.807) is 12.1 Å². The van der Waals surface area contributed by atoms with Crippen molar-refractivity contribution < 1.29 is 24.4 Å². The second-order valence-electron chi connectivity index (χ2n) is 6.06. The van der Waals surface area contributed by atoms with Crippen molar-refractivity contribution in [3.63, 3.8) is 0 Å². The van der Waals surface area contributed by atoms with Gasteiger partial charge in [-0.3, -0.25) is 4.79 Å². The Bertz CT molecular complexity index is 805. The molecule has 0 saturated carbocycles. The lowest BCUT2D eigenvalue weighted by molar-refractivity contribution is -0.0472. The van der Waals surface area contributed by atoms with Gasteiger partial charge in [-0.25, -0.2) is 0 Å². The normalized spacial score (nSPS) is 15.0. The second-order valence-corrected chi connectivity index (χ2v) is 6.06. The summed E-state index contributed by atoms with van der Waals surface area (Å²) < 4.78 is 16.1. The highest BCUT2D eigenvalue weighted by molar-refractivity contribution is 5.93. The molecule has 1 aliphatic heterocycles. The molecule has 0 aliphatic carbocycles. The number of aliphatic hydroxyl groups excluding tert-OH is 1. The van der Waals surface area contributed by atoms with E-state index in [9.17, 15) is 15.0 Å². The number of aromatic amines is 1. The number of benzene rings is 1. The molecule has 0 radical (unpaired) electrons. The molecule has 0 amide bonds. The van der Waals surface area contributed by atoms with Crippen molar-refractivity contribution in [3.05, 3.63) is 28.0 Å². The molecule has 0 spiro atoms. The summed E-state index contributed by atoms with van der Waals surface area (Å²) >= 11 is 0. The van der Waals surface area contributed by atoms with Gasteiger partial charge in [-0.05, 0) is 26.0 Å². The molecule has 0 fully saturated rings. The molecule has 0 bridgehead atoms. The van der Waals surface area contributed by atoms with E-state index < -0.39 is 17.3 Å². The van der Waals surface area contributed by atoms with Gasteiger partial charge in [0.1, 0.15) is 5.75 Å². The van der Waals surface area contributed by atoms with Crippen molar-refractivity contribution in [2.75, 3.05) is 13.9 Å². The fourth-order valence-electron chi connectivity index (χ4n) is 2.60. The molecule has 0 unspecified atom stereocenters. The van der Waals surface area contributed by atoms with Crippen LogP contribution < -0.4 is 19.8 Å². The van der Waals surface area contributed by atoms with Crippen molar-refractivity contribution in [2.45, 2.75) is 32.0 Å². The summed E-state index contributed by atoms with van der Waals surface area (Å²) in [6.45, 7) is 3.06. The number of nitrogens with one attached hydrogen (secondary N) is 1. The van der Waals surface area contributed by atoms with Gasteiger partial charge in [-0.2, -0.15) is 0 Å². The van der Waals surface area contributed by atoms with Crippen molar-refractivity contribution in [2.24, 2.45) is 0 Å². The molecule has 1 aromatic heterocycles. The Kier molecular flexibility index (Phi) is 3.69. The number of H-pyrrole nitrogens is 1. The van der Waals surface area contributed by atoms with E-state index in [4.69, 9.17) is 14.2 Å². The number of aromatic nitrogens is 1. The molecule has 7 nitrogen and oxygen atoms in total. The first-order valence-corrected chi connectivity index (χ1v) is 7.25. The number of hydrogen-bond donors (Lipinski definition) is 3. The number of aliphatic hydroxyl groups is 2. The van der Waals surface area contributed by atoms with Crippen LogP contribution in [0.15, 0.2) is 16.9 Å². The van der Waals surface area contributed by atoms with Gasteiger partial charge in [-0.15, -0.1) is 0 Å². The largest absolute Gasteiger partial charge is 0.496 e. The number of fused-ring (bicyclic) bond motifs is 3. The third-order valence-corrected chi connectivity index (χ3v) is 3.99. The molecule has 1 aromatic carbocycles. The Morgan fingerprint density at radius 2 is 2.13 bits per heavy atom. The summed E-state index contributed by atoms with van der Waals surface area (Å²) in [5.74, 6) is 1.37. The van der Waals surface area contributed by atoms with Gasteiger partial charge in [0, 0.05) is 11.8 Å². The lowest BCUT2D eigenvalue weighted by Gasteiger charge is -2.25. The third kappa shape index (κ3) is 2.62. The van der Waals surface area contributed by atoms with Crippen molar-refractivity contribution in [3.8, 4) is 17.2 Å². The van der Waals surface area contributed by atoms with Crippen molar-refractivity contribution in [1.29, 1.82) is 0 Å². The van der Waals surface area contributed by atoms with E-state index in [-0.39, 0.29) is 18.8 Å². The summed E-state index contributed by atoms with van der Waals surface area (Å²) in [5, 5.41) is 20.7. The van der Waals surface area contributed by atoms with Gasteiger partial charge in [0.25, 0.3) is 5.56 Å². The van der Waals surface area contributed by atoms with Crippen molar-refractivity contribution >= 4 is 10.9 Å². The van der Waals surface area contributed by atoms with E-state index in [0.717, 1.165) is 0 Å². The quantitative estimate of drug-likeness (QED) is 0.775. The number of methoxy groups -OCH3 is 1. The van der Waals surface area contributed by atoms with Crippen LogP contribution in [0.5, 0.6) is 17.2 Å². The van der Waals surface area contributed by atoms with Crippen LogP contribution in [0, 0.1) is 0 Å². The smallest absolute Gasteiger partial charge is 0.255 e. The predicted molar refractivity (Wildman–Crippen MR) is 83.3 cm³/mol. The molecule has 23 heavy (non-hydrogen) atoms. The van der Waals surface area contributed by atoms with Gasteiger partial charge >= 0.3 is 0 Å². The van der Waals surface area contributed by atoms with E-state index in [2.05, 4.69) is 4.98 Å². The number of ether oxygens (including phenoxy) is 3. The number of hydrogen-bond acceptors (Lipinski definition) is 6. The predicted octanol–water partition coefficient (Wildman–Crippen LogP) is 0.940. The van der Waals surface area contributed by atoms with Gasteiger partial charge < -0.3 is 29.4 Å². The Morgan fingerprint density at radius 1 is 1.39 bits per heavy atom. The molecule has 3 rings (SSSR count). The maximum Gasteiger partial charge on any atom is 0.255 e. The summed E-state index contributed by atoms with van der Waals surface area (Å²) in [6.07, 6.45) is -1.14. The molecular weight excluding hydrogens is 302 g/mol. The zero-order chi connectivity index (χ0) is 16.8. The molecule has 7 heteroatoms. The molecule has 3 N–H and O–H groups in total. The minimum absolute atomic E-state index is 0.0353. The first-order valence-electron chi connectivity index (χ1n) is 7.25. The first-order chi connectivity index (χ1) is 10.8. The average Bonchev–Trinajstić information content (AvgIpc) is 2.95. The van der Waals surface area contributed by atoms with Crippen LogP contribution in [-0.4, -0.2) is 40.8 Å². The van der Waals surface area contributed by atoms with Crippen LogP contribution in [0.25, 0.3) is 10.9 Å². The molecular formula is C16H19NO6. The van der Waals surface area contributed by atoms with Gasteiger partial charge in [0.05, 0.1) is 29.9 Å². The molecule has 1 atom stereocenters. The summed E-state index contributed by atoms with van der Waals surface area (Å²) in [6, 6.07) is 3.50. The van der Waals surface area contributed by atoms with Crippen molar-refractivity contribution in [1.82, 2.24) is 4.98 Å². The van der Waals surface area contributed by atoms with Gasteiger partial charge in [0.15, 0.2) is 11.5 Å². The summed E-state index contributed by atoms with van der Waals surface area (Å²) in [7, 11) is 1.46. The maximum absolute atomic E-state index is 12.5. The van der Waals surface area contributed by atoms with E-state index in [1.165, 1.54) is 21.0 Å². The number of rotatable bonds is 4. The topological polar surface area (TPSA) is 101 Å². The van der Waals surface area contributed by atoms with Crippen LogP contribution in [0.1, 0.15) is 19.4 Å². The highest BCUT2D eigenvalue weighted by Gasteiger charge is 2.29.